The number of aromatic amines is 2. The van der Waals surface area contributed by atoms with Crippen LogP contribution >= 0.6 is 36.0 Å². The molecule has 12 heteroatoms. The Morgan fingerprint density at radius 1 is 1.14 bits per heavy atom. The number of carbonyl (C=O) groups excluding carboxylic acids is 2. The van der Waals surface area contributed by atoms with Gasteiger partial charge < -0.3 is 15.2 Å². The number of carbonyl (C=O) groups is 2. The van der Waals surface area contributed by atoms with Crippen molar-refractivity contribution >= 4 is 59.3 Å². The summed E-state index contributed by atoms with van der Waals surface area (Å²) < 4.78 is 3.15. The molecule has 1 aliphatic rings. The van der Waals surface area contributed by atoms with Crippen molar-refractivity contribution < 1.29 is 44.3 Å². The Labute approximate surface area is 246 Å². The molecule has 36 heavy (non-hydrogen) atoms. The van der Waals surface area contributed by atoms with E-state index in [1.165, 1.54) is 0 Å². The van der Waals surface area contributed by atoms with Crippen molar-refractivity contribution in [1.29, 1.82) is 0 Å². The zero-order chi connectivity index (χ0) is 25.3. The predicted octanol–water partition coefficient (Wildman–Crippen LogP) is 1.12. The van der Waals surface area contributed by atoms with Crippen LogP contribution in [0.3, 0.4) is 0 Å². The van der Waals surface area contributed by atoms with Crippen LogP contribution in [0.2, 0.25) is 5.02 Å². The van der Waals surface area contributed by atoms with Crippen molar-refractivity contribution in [3.05, 3.63) is 62.1 Å². The van der Waals surface area contributed by atoms with Crippen LogP contribution in [-0.4, -0.2) is 45.8 Å². The number of amides is 1. The molecule has 1 aromatic heterocycles. The van der Waals surface area contributed by atoms with Gasteiger partial charge in [-0.15, -0.1) is 0 Å². The summed E-state index contributed by atoms with van der Waals surface area (Å²) in [4.78, 5) is 23.9. The maximum Gasteiger partial charge on any atom is 1.00 e. The zero-order valence-electron chi connectivity index (χ0n) is 20.4. The summed E-state index contributed by atoms with van der Waals surface area (Å²) in [6, 6.07) is 11.0. The van der Waals surface area contributed by atoms with E-state index in [4.69, 9.17) is 36.0 Å². The Bertz CT molecular complexity index is 1350. The molecule has 1 saturated heterocycles. The number of nitrogens with zero attached hydrogens (tertiary/aromatic N) is 2. The van der Waals surface area contributed by atoms with E-state index >= 15 is 0 Å². The number of hydrogen-bond acceptors (Lipinski definition) is 5. The van der Waals surface area contributed by atoms with Crippen LogP contribution in [0.25, 0.3) is 5.69 Å². The molecule has 8 nitrogen and oxygen atoms in total. The Morgan fingerprint density at radius 2 is 1.72 bits per heavy atom. The van der Waals surface area contributed by atoms with E-state index < -0.39 is 5.97 Å². The molecule has 0 saturated carbocycles. The van der Waals surface area contributed by atoms with E-state index in [1.54, 1.807) is 16.7 Å². The Balaban J connectivity index is 0.00000361. The molecule has 3 aromatic rings. The van der Waals surface area contributed by atoms with E-state index in [9.17, 15) is 14.7 Å². The van der Waals surface area contributed by atoms with E-state index in [1.807, 2.05) is 38.1 Å². The van der Waals surface area contributed by atoms with E-state index in [0.717, 1.165) is 22.5 Å². The van der Waals surface area contributed by atoms with Gasteiger partial charge in [0.15, 0.2) is 9.54 Å². The topological polar surface area (TPSA) is 106 Å². The normalized spacial score (nSPS) is 18.4. The number of aryl methyl sites for hydroxylation is 2. The van der Waals surface area contributed by atoms with Crippen LogP contribution in [0.15, 0.2) is 36.4 Å². The molecule has 184 valence electrons. The van der Waals surface area contributed by atoms with Gasteiger partial charge in [-0.1, -0.05) is 11.6 Å². The van der Waals surface area contributed by atoms with Gasteiger partial charge in [-0.05, 0) is 74.7 Å². The number of aromatic nitrogens is 3. The number of quaternary nitrogens is 1. The number of aliphatic carboxylic acids is 1. The Kier molecular flexibility index (Phi) is 9.37. The summed E-state index contributed by atoms with van der Waals surface area (Å²) in [5, 5.41) is 20.5. The summed E-state index contributed by atoms with van der Waals surface area (Å²) in [6.07, 6.45) is 0.928. The molecule has 0 aliphatic carbocycles. The van der Waals surface area contributed by atoms with Gasteiger partial charge in [0.1, 0.15) is 18.3 Å². The van der Waals surface area contributed by atoms with Gasteiger partial charge >= 0.3 is 29.6 Å². The van der Waals surface area contributed by atoms with Crippen molar-refractivity contribution in [2.24, 2.45) is 0 Å². The third kappa shape index (κ3) is 6.19. The predicted molar refractivity (Wildman–Crippen MR) is 140 cm³/mol. The summed E-state index contributed by atoms with van der Waals surface area (Å²) in [5.74, 6) is -1.16. The van der Waals surface area contributed by atoms with Gasteiger partial charge in [0.05, 0.1) is 12.2 Å². The quantitative estimate of drug-likeness (QED) is 0.159. The molecule has 2 heterocycles. The first-order valence-electron chi connectivity index (χ1n) is 11.2. The smallest absolute Gasteiger partial charge is 0.550 e. The number of H-pyrrole nitrogens is 2. The minimum Gasteiger partial charge on any atom is -0.550 e. The van der Waals surface area contributed by atoms with Gasteiger partial charge in [-0.25, -0.2) is 0 Å². The van der Waals surface area contributed by atoms with Crippen LogP contribution in [0, 0.1) is 23.4 Å². The number of rotatable bonds is 9. The number of hydrogen-bond donors (Lipinski definition) is 3. The van der Waals surface area contributed by atoms with Gasteiger partial charge in [-0.2, -0.15) is 0 Å². The number of carboxylic acids is 1. The second kappa shape index (κ2) is 11.7. The summed E-state index contributed by atoms with van der Waals surface area (Å²) in [7, 11) is 0. The molecule has 4 rings (SSSR count). The van der Waals surface area contributed by atoms with Crippen LogP contribution in [0.1, 0.15) is 30.4 Å². The Hall–Kier alpha value is -1.79. The monoisotopic (exact) mass is 554 g/mol. The summed E-state index contributed by atoms with van der Waals surface area (Å²) in [6.45, 7) is 5.36. The van der Waals surface area contributed by atoms with Crippen LogP contribution in [0.5, 0.6) is 0 Å². The number of anilines is 1. The van der Waals surface area contributed by atoms with Crippen LogP contribution in [0.4, 0.5) is 11.4 Å². The van der Waals surface area contributed by atoms with E-state index in [0.29, 0.717) is 50.7 Å². The third-order valence-corrected chi connectivity index (χ3v) is 7.25. The first-order chi connectivity index (χ1) is 16.6. The average Bonchev–Trinajstić information content (AvgIpc) is 3.32. The molecule has 0 radical (unpaired) electrons. The van der Waals surface area contributed by atoms with Crippen LogP contribution < -0.4 is 44.5 Å². The average molecular weight is 555 g/mol. The molecule has 2 atom stereocenters. The second-order valence-corrected chi connectivity index (χ2v) is 10.2. The standard InChI is InChI=1S/C24H26ClN5O3S2.Na/c1-14-10-16(25)11-15(2)22(14)30(13-19(30)12-21(32)33)9-3-4-20(31)26-17-5-7-18(8-6-17)29-23(34)27-28-24(29)35;/h5-8,10-11,19H,3-4,9,12-13H2,1-2H3,(H3-,26,27,28,31,32,33,34,35);/q;+1. The van der Waals surface area contributed by atoms with Crippen molar-refractivity contribution in [1.82, 2.24) is 19.2 Å². The number of nitrogens with one attached hydrogen (secondary N) is 3. The molecule has 2 unspecified atom stereocenters. The molecule has 0 bridgehead atoms. The summed E-state index contributed by atoms with van der Waals surface area (Å²) >= 11 is 16.7. The van der Waals surface area contributed by atoms with Crippen molar-refractivity contribution in [2.45, 2.75) is 39.2 Å². The largest absolute Gasteiger partial charge is 1.00 e. The first kappa shape index (κ1) is 28.8. The summed E-state index contributed by atoms with van der Waals surface area (Å²) in [5.41, 5.74) is 4.62. The third-order valence-electron chi connectivity index (χ3n) is 6.46. The molecule has 0 spiro atoms. The van der Waals surface area contributed by atoms with Crippen molar-refractivity contribution in [3.8, 4) is 5.69 Å². The van der Waals surface area contributed by atoms with Crippen molar-refractivity contribution in [2.75, 3.05) is 18.4 Å². The number of halogens is 1. The molecule has 1 aliphatic heterocycles. The zero-order valence-corrected chi connectivity index (χ0v) is 24.8. The van der Waals surface area contributed by atoms with Gasteiger partial charge in [0.2, 0.25) is 5.91 Å². The first-order valence-corrected chi connectivity index (χ1v) is 12.4. The molecular weight excluding hydrogens is 529 g/mol. The fourth-order valence-electron chi connectivity index (χ4n) is 5.01. The Morgan fingerprint density at radius 3 is 2.28 bits per heavy atom. The molecular formula is C24H26ClN5NaO3S2+. The number of carboxylic acid groups (broad SMARTS) is 1. The van der Waals surface area contributed by atoms with E-state index in [-0.39, 0.29) is 47.9 Å². The van der Waals surface area contributed by atoms with Crippen molar-refractivity contribution in [3.63, 3.8) is 0 Å². The molecule has 1 fully saturated rings. The minimum absolute atomic E-state index is 0. The molecule has 3 N–H and O–H groups in total. The fourth-order valence-corrected chi connectivity index (χ4v) is 5.89. The SMILES string of the molecule is Cc1cc(Cl)cc(C)c1[N+]1(CCCC(=O)Nc2ccc(-n3c(=S)[nH][nH]c3=S)cc2)CC1CC(=O)[O-].[Na+]. The molecule has 1 amide bonds. The number of benzene rings is 2. The van der Waals surface area contributed by atoms with Gasteiger partial charge in [0.25, 0.3) is 0 Å². The van der Waals surface area contributed by atoms with Gasteiger partial charge in [0, 0.05) is 47.1 Å². The maximum absolute atomic E-state index is 12.6. The van der Waals surface area contributed by atoms with Crippen LogP contribution in [-0.2, 0) is 9.59 Å². The maximum atomic E-state index is 12.6. The van der Waals surface area contributed by atoms with Gasteiger partial charge in [-0.3, -0.25) is 24.0 Å². The van der Waals surface area contributed by atoms with E-state index in [2.05, 4.69) is 15.5 Å². The fraction of sp³-hybridized carbons (Fsp3) is 0.333. The second-order valence-electron chi connectivity index (χ2n) is 8.95. The molecule has 2 aromatic carbocycles. The minimum atomic E-state index is -1.05.